The summed E-state index contributed by atoms with van der Waals surface area (Å²) in [6, 6.07) is 17.1. The highest BCUT2D eigenvalue weighted by Crippen LogP contribution is 2.40. The maximum Gasteiger partial charge on any atom is 0.258 e. The van der Waals surface area contributed by atoms with E-state index in [0.29, 0.717) is 46.0 Å². The Kier molecular flexibility index (Phi) is 7.27. The minimum absolute atomic E-state index is 0.154. The Labute approximate surface area is 204 Å². The van der Waals surface area contributed by atoms with Crippen LogP contribution in [0.2, 0.25) is 0 Å². The lowest BCUT2D eigenvalue weighted by atomic mass is 10.0. The van der Waals surface area contributed by atoms with E-state index in [1.54, 1.807) is 47.4 Å². The minimum atomic E-state index is -0.348. The van der Waals surface area contributed by atoms with E-state index < -0.39 is 0 Å². The molecular formula is C28H28FN3O3. The molecule has 0 aliphatic carbocycles. The third-order valence-corrected chi connectivity index (χ3v) is 5.78. The van der Waals surface area contributed by atoms with Gasteiger partial charge in [-0.2, -0.15) is 0 Å². The molecule has 6 nitrogen and oxygen atoms in total. The van der Waals surface area contributed by atoms with Gasteiger partial charge in [0.15, 0.2) is 0 Å². The zero-order valence-electron chi connectivity index (χ0n) is 19.9. The summed E-state index contributed by atoms with van der Waals surface area (Å²) in [5.74, 6) is -0.190. The summed E-state index contributed by atoms with van der Waals surface area (Å²) in [5.41, 5.74) is 4.22. The molecule has 0 bridgehead atoms. The molecule has 2 aliphatic heterocycles. The minimum Gasteiger partial charge on any atom is -0.493 e. The van der Waals surface area contributed by atoms with E-state index in [4.69, 9.17) is 4.74 Å². The van der Waals surface area contributed by atoms with E-state index in [1.165, 1.54) is 12.1 Å². The molecule has 0 spiro atoms. The number of hydrogen-bond donors (Lipinski definition) is 2. The number of nitrogens with one attached hydrogen (secondary N) is 2. The zero-order valence-corrected chi connectivity index (χ0v) is 19.9. The van der Waals surface area contributed by atoms with Crippen molar-refractivity contribution in [2.75, 3.05) is 30.9 Å². The molecule has 2 amide bonds. The summed E-state index contributed by atoms with van der Waals surface area (Å²) in [7, 11) is 3.75. The Balaban J connectivity index is 0.000000917. The molecule has 2 aliphatic rings. The van der Waals surface area contributed by atoms with Crippen molar-refractivity contribution >= 4 is 28.8 Å². The fourth-order valence-corrected chi connectivity index (χ4v) is 4.23. The predicted octanol–water partition coefficient (Wildman–Crippen LogP) is 4.80. The van der Waals surface area contributed by atoms with Crippen molar-refractivity contribution in [2.24, 2.45) is 0 Å². The predicted molar refractivity (Wildman–Crippen MR) is 136 cm³/mol. The number of benzene rings is 3. The van der Waals surface area contributed by atoms with Crippen molar-refractivity contribution in [1.82, 2.24) is 5.32 Å². The number of aryl methyl sites for hydroxylation is 1. The van der Waals surface area contributed by atoms with Crippen molar-refractivity contribution in [2.45, 2.75) is 19.4 Å². The smallest absolute Gasteiger partial charge is 0.258 e. The second kappa shape index (κ2) is 10.5. The number of rotatable bonds is 4. The number of carbonyl (C=O) groups excluding carboxylic acids is 2. The zero-order chi connectivity index (χ0) is 24.9. The summed E-state index contributed by atoms with van der Waals surface area (Å²) in [6.07, 6.45) is 1.58. The third-order valence-electron chi connectivity index (χ3n) is 5.78. The Morgan fingerprint density at radius 1 is 1.11 bits per heavy atom. The highest BCUT2D eigenvalue weighted by molar-refractivity contribution is 6.32. The van der Waals surface area contributed by atoms with Crippen LogP contribution < -0.4 is 20.3 Å². The quantitative estimate of drug-likeness (QED) is 0.534. The Hall–Kier alpha value is -3.97. The first-order valence-corrected chi connectivity index (χ1v) is 11.5. The van der Waals surface area contributed by atoms with Crippen molar-refractivity contribution in [3.63, 3.8) is 0 Å². The van der Waals surface area contributed by atoms with Crippen molar-refractivity contribution in [3.05, 3.63) is 95.3 Å². The Morgan fingerprint density at radius 2 is 1.86 bits per heavy atom. The molecule has 0 unspecified atom stereocenters. The van der Waals surface area contributed by atoms with Gasteiger partial charge in [-0.05, 0) is 68.9 Å². The topological polar surface area (TPSA) is 70.7 Å². The highest BCUT2D eigenvalue weighted by atomic mass is 19.1. The van der Waals surface area contributed by atoms with Crippen LogP contribution in [0, 0.1) is 5.82 Å². The van der Waals surface area contributed by atoms with Gasteiger partial charge in [0.05, 0.1) is 18.8 Å². The van der Waals surface area contributed by atoms with E-state index in [-0.39, 0.29) is 24.2 Å². The Bertz CT molecular complexity index is 1270. The lowest BCUT2D eigenvalue weighted by molar-refractivity contribution is -0.113. The molecule has 0 atom stereocenters. The second-order valence-electron chi connectivity index (χ2n) is 8.43. The highest BCUT2D eigenvalue weighted by Gasteiger charge is 2.32. The van der Waals surface area contributed by atoms with Crippen LogP contribution in [0.3, 0.4) is 0 Å². The first kappa shape index (κ1) is 24.2. The van der Waals surface area contributed by atoms with Crippen LogP contribution in [0.1, 0.15) is 33.5 Å². The van der Waals surface area contributed by atoms with Gasteiger partial charge >= 0.3 is 0 Å². The molecule has 0 saturated heterocycles. The number of anilines is 2. The molecule has 3 aromatic rings. The number of carbonyl (C=O) groups is 2. The lowest BCUT2D eigenvalue weighted by Gasteiger charge is -2.24. The SMILES string of the molecule is C=C1C(=O)N(Cc2cc(F)cc3c2OCCC3)c2cc(NC(=O)c3ccccc3)ccc21.CNC. The number of ether oxygens (including phenoxy) is 1. The molecule has 35 heavy (non-hydrogen) atoms. The number of fused-ring (bicyclic) bond motifs is 2. The van der Waals surface area contributed by atoms with Gasteiger partial charge in [-0.15, -0.1) is 0 Å². The summed E-state index contributed by atoms with van der Waals surface area (Å²) < 4.78 is 20.1. The summed E-state index contributed by atoms with van der Waals surface area (Å²) in [4.78, 5) is 27.1. The van der Waals surface area contributed by atoms with Gasteiger partial charge in [0.2, 0.25) is 0 Å². The van der Waals surface area contributed by atoms with E-state index in [1.807, 2.05) is 20.2 Å². The first-order chi connectivity index (χ1) is 16.9. The molecule has 0 radical (unpaired) electrons. The van der Waals surface area contributed by atoms with E-state index in [0.717, 1.165) is 18.4 Å². The summed E-state index contributed by atoms with van der Waals surface area (Å²) in [5, 5.41) is 5.62. The van der Waals surface area contributed by atoms with Crippen molar-refractivity contribution < 1.29 is 18.7 Å². The largest absolute Gasteiger partial charge is 0.493 e. The standard InChI is InChI=1S/C26H21FN2O3.C2H7N/c1-16-22-10-9-21(28-25(30)17-6-3-2-4-7-17)14-23(22)29(26(16)31)15-19-13-20(27)12-18-8-5-11-32-24(18)19;1-3-2/h2-4,6-7,9-10,12-14H,1,5,8,11,15H2,(H,28,30);3H,1-2H3. The van der Waals surface area contributed by atoms with Gasteiger partial charge in [-0.25, -0.2) is 4.39 Å². The normalized spacial score (nSPS) is 13.9. The monoisotopic (exact) mass is 473 g/mol. The number of hydrogen-bond acceptors (Lipinski definition) is 4. The molecule has 180 valence electrons. The molecule has 0 aromatic heterocycles. The van der Waals surface area contributed by atoms with Crippen LogP contribution in [0.4, 0.5) is 15.8 Å². The van der Waals surface area contributed by atoms with Crippen LogP contribution in [0.5, 0.6) is 5.75 Å². The van der Waals surface area contributed by atoms with Crippen LogP contribution in [-0.4, -0.2) is 32.5 Å². The Morgan fingerprint density at radius 3 is 2.60 bits per heavy atom. The van der Waals surface area contributed by atoms with Crippen molar-refractivity contribution in [3.8, 4) is 5.75 Å². The average Bonchev–Trinajstić information content (AvgIpc) is 3.09. The van der Waals surface area contributed by atoms with Crippen LogP contribution in [0.25, 0.3) is 5.57 Å². The molecule has 2 N–H and O–H groups in total. The van der Waals surface area contributed by atoms with Crippen LogP contribution >= 0.6 is 0 Å². The van der Waals surface area contributed by atoms with Crippen LogP contribution in [-0.2, 0) is 17.8 Å². The van der Waals surface area contributed by atoms with E-state index >= 15 is 0 Å². The number of amides is 2. The van der Waals surface area contributed by atoms with Crippen molar-refractivity contribution in [1.29, 1.82) is 0 Å². The lowest BCUT2D eigenvalue weighted by Crippen LogP contribution is -2.26. The second-order valence-corrected chi connectivity index (χ2v) is 8.43. The molecule has 2 heterocycles. The maximum atomic E-state index is 14.2. The average molecular weight is 474 g/mol. The van der Waals surface area contributed by atoms with Crippen LogP contribution in [0.15, 0.2) is 67.2 Å². The van der Waals surface area contributed by atoms with Gasteiger partial charge in [-0.3, -0.25) is 9.59 Å². The maximum absolute atomic E-state index is 14.2. The van der Waals surface area contributed by atoms with Gasteiger partial charge < -0.3 is 20.3 Å². The molecular weight excluding hydrogens is 445 g/mol. The van der Waals surface area contributed by atoms with E-state index in [2.05, 4.69) is 17.2 Å². The fraction of sp³-hybridized carbons (Fsp3) is 0.214. The summed E-state index contributed by atoms with van der Waals surface area (Å²) >= 11 is 0. The van der Waals surface area contributed by atoms with E-state index in [9.17, 15) is 14.0 Å². The van der Waals surface area contributed by atoms with Gasteiger partial charge in [0, 0.05) is 28.0 Å². The number of nitrogens with zero attached hydrogens (tertiary/aromatic N) is 1. The molecule has 7 heteroatoms. The third kappa shape index (κ3) is 5.10. The molecule has 0 fully saturated rings. The first-order valence-electron chi connectivity index (χ1n) is 11.5. The van der Waals surface area contributed by atoms with Gasteiger partial charge in [0.1, 0.15) is 11.6 Å². The molecule has 3 aromatic carbocycles. The summed E-state index contributed by atoms with van der Waals surface area (Å²) in [6.45, 7) is 4.65. The number of halogens is 1. The van der Waals surface area contributed by atoms with Gasteiger partial charge in [0.25, 0.3) is 11.8 Å². The van der Waals surface area contributed by atoms with Gasteiger partial charge in [-0.1, -0.05) is 30.8 Å². The molecule has 5 rings (SSSR count). The molecule has 0 saturated carbocycles. The fourth-order valence-electron chi connectivity index (χ4n) is 4.23.